The minimum Gasteiger partial charge on any atom is -0.349 e. The highest BCUT2D eigenvalue weighted by Gasteiger charge is 2.45. The van der Waals surface area contributed by atoms with Gasteiger partial charge >= 0.3 is 0 Å². The lowest BCUT2D eigenvalue weighted by atomic mass is 9.99. The maximum absolute atomic E-state index is 12.4. The maximum Gasteiger partial charge on any atom is 0.253 e. The molecule has 3 rings (SSSR count). The van der Waals surface area contributed by atoms with Crippen LogP contribution < -0.4 is 5.32 Å². The second-order valence-electron chi connectivity index (χ2n) is 6.24. The summed E-state index contributed by atoms with van der Waals surface area (Å²) in [4.78, 5) is 12.4. The van der Waals surface area contributed by atoms with E-state index in [4.69, 9.17) is 23.2 Å². The number of nitrogens with one attached hydrogen (secondary N) is 1. The number of amides is 1. The van der Waals surface area contributed by atoms with Crippen LogP contribution in [0.2, 0.25) is 10.0 Å². The molecule has 1 amide bonds. The van der Waals surface area contributed by atoms with E-state index in [2.05, 4.69) is 5.32 Å². The minimum atomic E-state index is -3.19. The molecule has 2 aliphatic rings. The number of fused-ring (bicyclic) bond motifs is 2. The highest BCUT2D eigenvalue weighted by atomic mass is 35.5. The van der Waals surface area contributed by atoms with E-state index in [1.807, 2.05) is 0 Å². The molecule has 8 heteroatoms. The van der Waals surface area contributed by atoms with Gasteiger partial charge in [0.05, 0.1) is 16.8 Å². The Kier molecular flexibility index (Phi) is 4.62. The predicted octanol–water partition coefficient (Wildman–Crippen LogP) is 2.68. The summed E-state index contributed by atoms with van der Waals surface area (Å²) in [5.74, 6) is -0.246. The van der Waals surface area contributed by atoms with E-state index in [9.17, 15) is 13.2 Å². The summed E-state index contributed by atoms with van der Waals surface area (Å²) < 4.78 is 25.4. The highest BCUT2D eigenvalue weighted by molar-refractivity contribution is 7.88. The van der Waals surface area contributed by atoms with Gasteiger partial charge in [0.2, 0.25) is 10.0 Å². The number of nitrogens with zero attached hydrogens (tertiary/aromatic N) is 1. The van der Waals surface area contributed by atoms with Crippen LogP contribution in [0.4, 0.5) is 0 Å². The average molecular weight is 377 g/mol. The third-order valence-electron chi connectivity index (χ3n) is 4.56. The van der Waals surface area contributed by atoms with Crippen molar-refractivity contribution >= 4 is 39.1 Å². The monoisotopic (exact) mass is 376 g/mol. The molecule has 2 bridgehead atoms. The molecule has 1 aromatic rings. The molecule has 2 saturated heterocycles. The molecule has 5 nitrogen and oxygen atoms in total. The van der Waals surface area contributed by atoms with Gasteiger partial charge in [0.15, 0.2) is 0 Å². The van der Waals surface area contributed by atoms with Crippen molar-refractivity contribution in [2.24, 2.45) is 0 Å². The SMILES string of the molecule is CS(=O)(=O)N1C2CCC1CC(NC(=O)c1ccc(Cl)cc1Cl)C2. The van der Waals surface area contributed by atoms with Gasteiger partial charge in [0, 0.05) is 23.1 Å². The zero-order valence-corrected chi connectivity index (χ0v) is 15.0. The largest absolute Gasteiger partial charge is 0.349 e. The van der Waals surface area contributed by atoms with E-state index in [0.717, 1.165) is 12.8 Å². The molecule has 0 aliphatic carbocycles. The fourth-order valence-electron chi connectivity index (χ4n) is 3.73. The molecule has 0 aromatic heterocycles. The number of halogens is 2. The minimum absolute atomic E-state index is 0.0188. The molecule has 23 heavy (non-hydrogen) atoms. The molecule has 0 saturated carbocycles. The predicted molar refractivity (Wildman–Crippen MR) is 90.4 cm³/mol. The Hall–Kier alpha value is -0.820. The van der Waals surface area contributed by atoms with Gasteiger partial charge in [0.25, 0.3) is 5.91 Å². The van der Waals surface area contributed by atoms with Crippen molar-refractivity contribution in [1.82, 2.24) is 9.62 Å². The van der Waals surface area contributed by atoms with Crippen molar-refractivity contribution in [2.45, 2.75) is 43.8 Å². The lowest BCUT2D eigenvalue weighted by Crippen LogP contribution is -2.52. The van der Waals surface area contributed by atoms with Gasteiger partial charge in [-0.25, -0.2) is 8.42 Å². The Labute approximate surface area is 146 Å². The van der Waals surface area contributed by atoms with Crippen molar-refractivity contribution in [3.05, 3.63) is 33.8 Å². The van der Waals surface area contributed by atoms with Crippen LogP contribution in [0.1, 0.15) is 36.0 Å². The Morgan fingerprint density at radius 2 is 1.83 bits per heavy atom. The molecule has 0 radical (unpaired) electrons. The summed E-state index contributed by atoms with van der Waals surface area (Å²) in [6.45, 7) is 0. The molecule has 1 aromatic carbocycles. The van der Waals surface area contributed by atoms with Crippen LogP contribution in [-0.2, 0) is 10.0 Å². The average Bonchev–Trinajstić information content (AvgIpc) is 2.71. The molecule has 1 N–H and O–H groups in total. The van der Waals surface area contributed by atoms with Gasteiger partial charge in [-0.05, 0) is 43.9 Å². The third-order valence-corrected chi connectivity index (χ3v) is 6.47. The topological polar surface area (TPSA) is 66.5 Å². The smallest absolute Gasteiger partial charge is 0.253 e. The van der Waals surface area contributed by atoms with Crippen LogP contribution in [0.5, 0.6) is 0 Å². The van der Waals surface area contributed by atoms with Gasteiger partial charge in [-0.1, -0.05) is 23.2 Å². The van der Waals surface area contributed by atoms with E-state index in [0.29, 0.717) is 28.5 Å². The molecule has 0 spiro atoms. The fourth-order valence-corrected chi connectivity index (χ4v) is 5.69. The zero-order valence-electron chi connectivity index (χ0n) is 12.6. The van der Waals surface area contributed by atoms with Crippen LogP contribution >= 0.6 is 23.2 Å². The van der Waals surface area contributed by atoms with Crippen molar-refractivity contribution in [1.29, 1.82) is 0 Å². The molecular weight excluding hydrogens is 359 g/mol. The van der Waals surface area contributed by atoms with Gasteiger partial charge in [0.1, 0.15) is 0 Å². The molecule has 126 valence electrons. The van der Waals surface area contributed by atoms with E-state index in [1.54, 1.807) is 16.4 Å². The van der Waals surface area contributed by atoms with Crippen molar-refractivity contribution in [3.63, 3.8) is 0 Å². The number of hydrogen-bond donors (Lipinski definition) is 1. The van der Waals surface area contributed by atoms with Gasteiger partial charge in [-0.15, -0.1) is 0 Å². The first-order valence-electron chi connectivity index (χ1n) is 7.50. The summed E-state index contributed by atoms with van der Waals surface area (Å²) in [6, 6.07) is 4.68. The van der Waals surface area contributed by atoms with E-state index in [-0.39, 0.29) is 24.0 Å². The Bertz CT molecular complexity index is 724. The molecule has 2 atom stereocenters. The summed E-state index contributed by atoms with van der Waals surface area (Å²) in [6.07, 6.45) is 4.24. The standard InChI is InChI=1S/C15H18Cl2N2O3S/c1-23(21,22)19-11-3-4-12(19)8-10(7-11)18-15(20)13-5-2-9(16)6-14(13)17/h2,5-6,10-12H,3-4,7-8H2,1H3,(H,18,20). The van der Waals surface area contributed by atoms with Crippen LogP contribution in [0.3, 0.4) is 0 Å². The number of sulfonamides is 1. The number of piperidine rings is 1. The molecule has 2 aliphatic heterocycles. The molecule has 2 heterocycles. The van der Waals surface area contributed by atoms with Gasteiger partial charge < -0.3 is 5.32 Å². The first-order valence-corrected chi connectivity index (χ1v) is 10.1. The maximum atomic E-state index is 12.4. The Balaban J connectivity index is 1.70. The summed E-state index contributed by atoms with van der Waals surface area (Å²) in [5, 5.41) is 3.77. The van der Waals surface area contributed by atoms with Crippen LogP contribution in [0, 0.1) is 0 Å². The van der Waals surface area contributed by atoms with Gasteiger partial charge in [-0.3, -0.25) is 4.79 Å². The fraction of sp³-hybridized carbons (Fsp3) is 0.533. The number of rotatable bonds is 3. The van der Waals surface area contributed by atoms with Crippen LogP contribution in [-0.4, -0.2) is 43.0 Å². The molecule has 2 unspecified atom stereocenters. The third kappa shape index (κ3) is 3.50. The Morgan fingerprint density at radius 1 is 1.22 bits per heavy atom. The second-order valence-corrected chi connectivity index (χ2v) is 8.98. The normalized spacial score (nSPS) is 27.9. The van der Waals surface area contributed by atoms with Crippen molar-refractivity contribution < 1.29 is 13.2 Å². The highest BCUT2D eigenvalue weighted by Crippen LogP contribution is 2.37. The Morgan fingerprint density at radius 3 is 2.35 bits per heavy atom. The second kappa shape index (κ2) is 6.24. The number of carbonyl (C=O) groups is 1. The van der Waals surface area contributed by atoms with Crippen LogP contribution in [0.25, 0.3) is 0 Å². The van der Waals surface area contributed by atoms with Crippen molar-refractivity contribution in [3.8, 4) is 0 Å². The summed E-state index contributed by atoms with van der Waals surface area (Å²) >= 11 is 11.9. The first-order chi connectivity index (χ1) is 10.8. The van der Waals surface area contributed by atoms with Gasteiger partial charge in [-0.2, -0.15) is 4.31 Å². The quantitative estimate of drug-likeness (QED) is 0.881. The number of hydrogen-bond acceptors (Lipinski definition) is 3. The lowest BCUT2D eigenvalue weighted by molar-refractivity contribution is 0.0909. The number of benzene rings is 1. The molecular formula is C15H18Cl2N2O3S. The van der Waals surface area contributed by atoms with Crippen LogP contribution in [0.15, 0.2) is 18.2 Å². The lowest BCUT2D eigenvalue weighted by Gasteiger charge is -2.37. The first kappa shape index (κ1) is 17.0. The van der Waals surface area contributed by atoms with E-state index < -0.39 is 10.0 Å². The zero-order chi connectivity index (χ0) is 16.8. The number of carbonyl (C=O) groups excluding carboxylic acids is 1. The van der Waals surface area contributed by atoms with Crippen molar-refractivity contribution in [2.75, 3.05) is 6.26 Å². The molecule has 2 fully saturated rings. The van der Waals surface area contributed by atoms with E-state index >= 15 is 0 Å². The summed E-state index contributed by atoms with van der Waals surface area (Å²) in [7, 11) is -3.19. The van der Waals surface area contributed by atoms with E-state index in [1.165, 1.54) is 12.3 Å². The summed E-state index contributed by atoms with van der Waals surface area (Å²) in [5.41, 5.74) is 0.383.